The number of hydrogen-bond acceptors (Lipinski definition) is 7. The van der Waals surface area contributed by atoms with Crippen molar-refractivity contribution in [2.75, 3.05) is 26.4 Å². The van der Waals surface area contributed by atoms with E-state index in [1.54, 1.807) is 12.1 Å². The maximum atomic E-state index is 10.0. The normalized spacial score (nSPS) is 11.7. The molecular formula is C24H25N5O2. The van der Waals surface area contributed by atoms with Gasteiger partial charge in [0, 0.05) is 22.9 Å². The molecule has 4 aromatic rings. The van der Waals surface area contributed by atoms with Gasteiger partial charge < -0.3 is 20.5 Å². The van der Waals surface area contributed by atoms with Crippen molar-refractivity contribution in [3.05, 3.63) is 60.2 Å². The monoisotopic (exact) mass is 415 g/mol. The fourth-order valence-electron chi connectivity index (χ4n) is 3.48. The Morgan fingerprint density at radius 3 is 2.42 bits per heavy atom. The Labute approximate surface area is 180 Å². The van der Waals surface area contributed by atoms with Crippen LogP contribution in [0.2, 0.25) is 0 Å². The fraction of sp³-hybridized carbons (Fsp3) is 0.208. The number of hydrogen-bond donors (Lipinski definition) is 2. The smallest absolute Gasteiger partial charge is 0.120 e. The summed E-state index contributed by atoms with van der Waals surface area (Å²) in [6.45, 7) is 3.16. The molecule has 3 aromatic carbocycles. The zero-order chi connectivity index (χ0) is 22.0. The van der Waals surface area contributed by atoms with Crippen LogP contribution in [0.25, 0.3) is 21.8 Å². The van der Waals surface area contributed by atoms with Crippen LogP contribution in [-0.4, -0.2) is 35.7 Å². The van der Waals surface area contributed by atoms with Crippen molar-refractivity contribution in [2.45, 2.75) is 13.5 Å². The number of anilines is 1. The molecule has 0 radical (unpaired) electrons. The number of aromatic hydroxyl groups is 1. The van der Waals surface area contributed by atoms with Crippen molar-refractivity contribution in [1.82, 2.24) is 9.88 Å². The molecule has 0 amide bonds. The van der Waals surface area contributed by atoms with Gasteiger partial charge in [0.05, 0.1) is 34.7 Å². The van der Waals surface area contributed by atoms with E-state index >= 15 is 0 Å². The molecular weight excluding hydrogens is 390 g/mol. The van der Waals surface area contributed by atoms with Crippen LogP contribution < -0.4 is 10.5 Å². The van der Waals surface area contributed by atoms with E-state index in [2.05, 4.69) is 10.2 Å². The van der Waals surface area contributed by atoms with E-state index in [1.807, 2.05) is 68.4 Å². The lowest BCUT2D eigenvalue weighted by atomic mass is 10.1. The van der Waals surface area contributed by atoms with Gasteiger partial charge in [-0.05, 0) is 75.6 Å². The van der Waals surface area contributed by atoms with Crippen molar-refractivity contribution in [2.24, 2.45) is 10.2 Å². The standard InChI is InChI=1S/C24H25N5O2/c1-4-31-18-7-9-21-20(13-18)24(25)19-8-5-17(12-22(19)26-21)28-27-16-6-10-23(30)15(11-16)14-29(2)3/h5-13,30H,4,14H2,1-3H3,(H2,25,26)/b28-27+. The minimum atomic E-state index is 0.248. The number of phenols is 1. The first kappa shape index (κ1) is 20.6. The van der Waals surface area contributed by atoms with Crippen LogP contribution in [0.3, 0.4) is 0 Å². The summed E-state index contributed by atoms with van der Waals surface area (Å²) in [5.74, 6) is 1.02. The average Bonchev–Trinajstić information content (AvgIpc) is 2.74. The quantitative estimate of drug-likeness (QED) is 0.318. The summed E-state index contributed by atoms with van der Waals surface area (Å²) in [5.41, 5.74) is 10.8. The van der Waals surface area contributed by atoms with Gasteiger partial charge in [0.25, 0.3) is 0 Å². The number of phenolic OH excluding ortho intramolecular Hbond substituents is 1. The van der Waals surface area contributed by atoms with E-state index in [0.717, 1.165) is 33.1 Å². The number of nitrogen functional groups attached to an aromatic ring is 1. The molecule has 1 aromatic heterocycles. The molecule has 7 nitrogen and oxygen atoms in total. The Hall–Kier alpha value is -3.71. The molecule has 0 atom stereocenters. The molecule has 1 heterocycles. The molecule has 7 heteroatoms. The molecule has 0 aliphatic heterocycles. The van der Waals surface area contributed by atoms with E-state index in [4.69, 9.17) is 15.5 Å². The maximum Gasteiger partial charge on any atom is 0.120 e. The van der Waals surface area contributed by atoms with Gasteiger partial charge in [-0.2, -0.15) is 10.2 Å². The van der Waals surface area contributed by atoms with Crippen LogP contribution in [0, 0.1) is 0 Å². The highest BCUT2D eigenvalue weighted by Crippen LogP contribution is 2.33. The number of aromatic nitrogens is 1. The van der Waals surface area contributed by atoms with Crippen LogP contribution in [-0.2, 0) is 6.54 Å². The molecule has 4 rings (SSSR count). The molecule has 0 saturated carbocycles. The number of fused-ring (bicyclic) bond motifs is 2. The highest BCUT2D eigenvalue weighted by molar-refractivity contribution is 6.07. The van der Waals surface area contributed by atoms with Gasteiger partial charge in [0.2, 0.25) is 0 Å². The largest absolute Gasteiger partial charge is 0.508 e. The lowest BCUT2D eigenvalue weighted by molar-refractivity contribution is 0.341. The van der Waals surface area contributed by atoms with Gasteiger partial charge >= 0.3 is 0 Å². The van der Waals surface area contributed by atoms with Gasteiger partial charge in [0.1, 0.15) is 11.5 Å². The second kappa shape index (κ2) is 8.57. The van der Waals surface area contributed by atoms with Gasteiger partial charge in [-0.15, -0.1) is 0 Å². The number of benzene rings is 3. The molecule has 0 aliphatic carbocycles. The van der Waals surface area contributed by atoms with Gasteiger partial charge in [-0.1, -0.05) is 0 Å². The predicted molar refractivity (Wildman–Crippen MR) is 125 cm³/mol. The van der Waals surface area contributed by atoms with Crippen molar-refractivity contribution in [3.63, 3.8) is 0 Å². The minimum Gasteiger partial charge on any atom is -0.508 e. The summed E-state index contributed by atoms with van der Waals surface area (Å²) in [4.78, 5) is 6.72. The first-order chi connectivity index (χ1) is 14.9. The molecule has 0 unspecified atom stereocenters. The summed E-state index contributed by atoms with van der Waals surface area (Å²) in [7, 11) is 3.89. The molecule has 158 valence electrons. The molecule has 3 N–H and O–H groups in total. The third-order valence-corrected chi connectivity index (χ3v) is 4.91. The zero-order valence-electron chi connectivity index (χ0n) is 17.8. The Morgan fingerprint density at radius 2 is 1.68 bits per heavy atom. The van der Waals surface area contributed by atoms with Gasteiger partial charge in [0.15, 0.2) is 0 Å². The van der Waals surface area contributed by atoms with E-state index < -0.39 is 0 Å². The van der Waals surface area contributed by atoms with Crippen LogP contribution in [0.1, 0.15) is 12.5 Å². The summed E-state index contributed by atoms with van der Waals surface area (Å²) in [5, 5.41) is 20.4. The second-order valence-corrected chi connectivity index (χ2v) is 7.59. The lowest BCUT2D eigenvalue weighted by Crippen LogP contribution is -2.10. The summed E-state index contributed by atoms with van der Waals surface area (Å²) in [6.07, 6.45) is 0. The number of nitrogens with zero attached hydrogens (tertiary/aromatic N) is 4. The number of pyridine rings is 1. The third kappa shape index (κ3) is 4.41. The van der Waals surface area contributed by atoms with Crippen molar-refractivity contribution in [1.29, 1.82) is 0 Å². The van der Waals surface area contributed by atoms with Gasteiger partial charge in [-0.25, -0.2) is 4.98 Å². The van der Waals surface area contributed by atoms with Crippen LogP contribution >= 0.6 is 0 Å². The summed E-state index contributed by atoms with van der Waals surface area (Å²) >= 11 is 0. The zero-order valence-corrected chi connectivity index (χ0v) is 17.8. The molecule has 0 spiro atoms. The van der Waals surface area contributed by atoms with Gasteiger partial charge in [-0.3, -0.25) is 0 Å². The first-order valence-corrected chi connectivity index (χ1v) is 10.1. The second-order valence-electron chi connectivity index (χ2n) is 7.59. The fourth-order valence-corrected chi connectivity index (χ4v) is 3.48. The molecule has 0 fully saturated rings. The van der Waals surface area contributed by atoms with Crippen LogP contribution in [0.15, 0.2) is 64.8 Å². The molecule has 0 aliphatic rings. The number of azo groups is 1. The Morgan fingerprint density at radius 1 is 0.935 bits per heavy atom. The SMILES string of the molecule is CCOc1ccc2nc3cc(/N=N/c4ccc(O)c(CN(C)C)c4)ccc3c(N)c2c1. The van der Waals surface area contributed by atoms with Crippen molar-refractivity contribution < 1.29 is 9.84 Å². The summed E-state index contributed by atoms with van der Waals surface area (Å²) < 4.78 is 5.58. The topological polar surface area (TPSA) is 96.3 Å². The van der Waals surface area contributed by atoms with Crippen molar-refractivity contribution in [3.8, 4) is 11.5 Å². The highest BCUT2D eigenvalue weighted by Gasteiger charge is 2.09. The van der Waals surface area contributed by atoms with E-state index in [-0.39, 0.29) is 5.75 Å². The number of ether oxygens (including phenoxy) is 1. The lowest BCUT2D eigenvalue weighted by Gasteiger charge is -2.11. The van der Waals surface area contributed by atoms with E-state index in [1.165, 1.54) is 0 Å². The first-order valence-electron chi connectivity index (χ1n) is 10.1. The van der Waals surface area contributed by atoms with Crippen LogP contribution in [0.5, 0.6) is 11.5 Å². The molecule has 31 heavy (non-hydrogen) atoms. The van der Waals surface area contributed by atoms with Crippen LogP contribution in [0.4, 0.5) is 17.1 Å². The maximum absolute atomic E-state index is 10.0. The Balaban J connectivity index is 1.68. The number of nitrogens with two attached hydrogens (primary N) is 1. The summed E-state index contributed by atoms with van der Waals surface area (Å²) in [6, 6.07) is 16.6. The van der Waals surface area contributed by atoms with E-state index in [9.17, 15) is 5.11 Å². The average molecular weight is 415 g/mol. The van der Waals surface area contributed by atoms with E-state index in [0.29, 0.717) is 30.2 Å². The minimum absolute atomic E-state index is 0.248. The third-order valence-electron chi connectivity index (χ3n) is 4.91. The number of rotatable bonds is 6. The molecule has 0 saturated heterocycles. The predicted octanol–water partition coefficient (Wildman–Crippen LogP) is 5.55. The Bertz CT molecular complexity index is 1280. The molecule has 0 bridgehead atoms. The Kier molecular flexibility index (Phi) is 5.68. The highest BCUT2D eigenvalue weighted by atomic mass is 16.5. The van der Waals surface area contributed by atoms with Crippen molar-refractivity contribution >= 4 is 38.9 Å².